The first-order chi connectivity index (χ1) is 16.7. The third kappa shape index (κ3) is 5.94. The molecule has 1 aromatic heterocycles. The van der Waals surface area contributed by atoms with Gasteiger partial charge in [-0.2, -0.15) is 18.2 Å². The van der Waals surface area contributed by atoms with Crippen molar-refractivity contribution in [3.63, 3.8) is 0 Å². The number of carbonyl (C=O) groups excluding carboxylic acids is 2. The molecule has 3 amide bonds. The molecule has 4 rings (SSSR count). The van der Waals surface area contributed by atoms with Crippen LogP contribution in [0, 0.1) is 5.82 Å². The summed E-state index contributed by atoms with van der Waals surface area (Å²) in [5, 5.41) is 8.84. The monoisotopic (exact) mass is 491 g/mol. The predicted octanol–water partition coefficient (Wildman–Crippen LogP) is 4.71. The number of aromatic nitrogens is 2. The van der Waals surface area contributed by atoms with Gasteiger partial charge >= 0.3 is 18.1 Å². The van der Waals surface area contributed by atoms with Crippen molar-refractivity contribution in [2.45, 2.75) is 31.5 Å². The Bertz CT molecular complexity index is 1200. The summed E-state index contributed by atoms with van der Waals surface area (Å²) in [7, 11) is 0. The summed E-state index contributed by atoms with van der Waals surface area (Å²) in [5.74, 6) is -2.60. The highest BCUT2D eigenvalue weighted by Gasteiger charge is 2.38. The van der Waals surface area contributed by atoms with Crippen LogP contribution in [0.15, 0.2) is 53.1 Å². The summed E-state index contributed by atoms with van der Waals surface area (Å²) in [6, 6.07) is 10.7. The number of hydrogen-bond acceptors (Lipinski definition) is 5. The average molecular weight is 491 g/mol. The lowest BCUT2D eigenvalue weighted by molar-refractivity contribution is -0.159. The number of rotatable bonds is 5. The molecule has 1 aliphatic heterocycles. The Hall–Kier alpha value is -3.96. The molecule has 0 saturated carbocycles. The molecule has 0 radical (unpaired) electrons. The normalized spacial score (nSPS) is 16.1. The van der Waals surface area contributed by atoms with Gasteiger partial charge in [0.25, 0.3) is 5.91 Å². The van der Waals surface area contributed by atoms with Gasteiger partial charge in [0.1, 0.15) is 5.82 Å². The zero-order chi connectivity index (χ0) is 25.0. The topological polar surface area (TPSA) is 100 Å². The first kappa shape index (κ1) is 24.2. The maximum atomic E-state index is 13.4. The number of likely N-dealkylation sites (tertiary alicyclic amines) is 1. The lowest BCUT2D eigenvalue weighted by Gasteiger charge is -2.35. The first-order valence-corrected chi connectivity index (χ1v) is 10.8. The van der Waals surface area contributed by atoms with Gasteiger partial charge in [0.05, 0.1) is 6.04 Å². The molecular weight excluding hydrogens is 470 g/mol. The quantitative estimate of drug-likeness (QED) is 0.504. The zero-order valence-electron chi connectivity index (χ0n) is 18.3. The third-order valence-corrected chi connectivity index (χ3v) is 5.54. The Morgan fingerprint density at radius 3 is 2.57 bits per heavy atom. The van der Waals surface area contributed by atoms with E-state index in [-0.39, 0.29) is 35.6 Å². The standard InChI is InChI=1S/C23H21F4N5O3/c24-16-5-3-4-15(12-16)20(33)28-13-18-6-1-2-11-32(18)22(34)29-17-9-7-14(8-10-17)19-30-21(35-31-19)23(25,26)27/h3-5,7-10,12,18H,1-2,6,11,13H2,(H,28,33)(H,29,34). The second kappa shape index (κ2) is 10.1. The van der Waals surface area contributed by atoms with Gasteiger partial charge in [-0.1, -0.05) is 11.2 Å². The predicted molar refractivity (Wildman–Crippen MR) is 117 cm³/mol. The van der Waals surface area contributed by atoms with Gasteiger partial charge in [-0.25, -0.2) is 9.18 Å². The fourth-order valence-electron chi connectivity index (χ4n) is 3.78. The SMILES string of the molecule is O=C(NCC1CCCCN1C(=O)Nc1ccc(-c2noc(C(F)(F)F)n2)cc1)c1cccc(F)c1. The summed E-state index contributed by atoms with van der Waals surface area (Å²) in [6.07, 6.45) is -2.35. The molecule has 0 bridgehead atoms. The van der Waals surface area contributed by atoms with Crippen LogP contribution in [-0.4, -0.2) is 46.1 Å². The van der Waals surface area contributed by atoms with Crippen molar-refractivity contribution >= 4 is 17.6 Å². The fourth-order valence-corrected chi connectivity index (χ4v) is 3.78. The van der Waals surface area contributed by atoms with Crippen LogP contribution in [0.25, 0.3) is 11.4 Å². The van der Waals surface area contributed by atoms with Crippen molar-refractivity contribution < 1.29 is 31.7 Å². The molecule has 1 saturated heterocycles. The van der Waals surface area contributed by atoms with E-state index < -0.39 is 23.8 Å². The number of halogens is 4. The van der Waals surface area contributed by atoms with Gasteiger partial charge in [-0.15, -0.1) is 0 Å². The Morgan fingerprint density at radius 2 is 1.89 bits per heavy atom. The number of hydrogen-bond donors (Lipinski definition) is 2. The number of anilines is 1. The molecule has 2 N–H and O–H groups in total. The highest BCUT2D eigenvalue weighted by atomic mass is 19.4. The molecule has 35 heavy (non-hydrogen) atoms. The van der Waals surface area contributed by atoms with E-state index in [4.69, 9.17) is 0 Å². The highest BCUT2D eigenvalue weighted by molar-refractivity contribution is 5.94. The van der Waals surface area contributed by atoms with E-state index in [2.05, 4.69) is 25.3 Å². The fraction of sp³-hybridized carbons (Fsp3) is 0.304. The van der Waals surface area contributed by atoms with E-state index in [1.165, 1.54) is 42.5 Å². The van der Waals surface area contributed by atoms with Gasteiger partial charge in [0.15, 0.2) is 0 Å². The maximum Gasteiger partial charge on any atom is 0.471 e. The van der Waals surface area contributed by atoms with Crippen LogP contribution < -0.4 is 10.6 Å². The Balaban J connectivity index is 1.36. The van der Waals surface area contributed by atoms with Crippen molar-refractivity contribution in [2.75, 3.05) is 18.4 Å². The molecule has 0 aliphatic carbocycles. The number of piperidine rings is 1. The number of urea groups is 1. The van der Waals surface area contributed by atoms with Gasteiger partial charge in [-0.3, -0.25) is 4.79 Å². The second-order valence-corrected chi connectivity index (χ2v) is 7.99. The van der Waals surface area contributed by atoms with Crippen LogP contribution >= 0.6 is 0 Å². The van der Waals surface area contributed by atoms with Crippen molar-refractivity contribution in [3.8, 4) is 11.4 Å². The molecule has 1 unspecified atom stereocenters. The van der Waals surface area contributed by atoms with Gasteiger partial charge in [0, 0.05) is 29.9 Å². The summed E-state index contributed by atoms with van der Waals surface area (Å²) in [4.78, 5) is 30.2. The third-order valence-electron chi connectivity index (χ3n) is 5.54. The van der Waals surface area contributed by atoms with E-state index >= 15 is 0 Å². The van der Waals surface area contributed by atoms with E-state index in [1.807, 2.05) is 0 Å². The Morgan fingerprint density at radius 1 is 1.11 bits per heavy atom. The van der Waals surface area contributed by atoms with Gasteiger partial charge < -0.3 is 20.1 Å². The molecule has 3 aromatic rings. The second-order valence-electron chi connectivity index (χ2n) is 7.99. The molecular formula is C23H21F4N5O3. The molecule has 1 fully saturated rings. The summed E-state index contributed by atoms with van der Waals surface area (Å²) >= 11 is 0. The summed E-state index contributed by atoms with van der Waals surface area (Å²) in [5.41, 5.74) is 0.908. The van der Waals surface area contributed by atoms with Crippen LogP contribution in [-0.2, 0) is 6.18 Å². The van der Waals surface area contributed by atoms with Gasteiger partial charge in [0.2, 0.25) is 5.82 Å². The van der Waals surface area contributed by atoms with Crippen LogP contribution in [0.5, 0.6) is 0 Å². The van der Waals surface area contributed by atoms with Gasteiger partial charge in [-0.05, 0) is 61.7 Å². The minimum atomic E-state index is -4.74. The molecule has 2 heterocycles. The van der Waals surface area contributed by atoms with Crippen molar-refractivity contribution in [2.24, 2.45) is 0 Å². The van der Waals surface area contributed by atoms with Crippen LogP contribution in [0.4, 0.5) is 28.0 Å². The number of nitrogens with one attached hydrogen (secondary N) is 2. The molecule has 2 aromatic carbocycles. The molecule has 1 atom stereocenters. The average Bonchev–Trinajstić information content (AvgIpc) is 3.34. The molecule has 1 aliphatic rings. The van der Waals surface area contributed by atoms with Crippen LogP contribution in [0.1, 0.15) is 35.5 Å². The Kier molecular flexibility index (Phi) is 6.99. The number of alkyl halides is 3. The number of nitrogens with zero attached hydrogens (tertiary/aromatic N) is 3. The molecule has 184 valence electrons. The van der Waals surface area contributed by atoms with Crippen molar-refractivity contribution in [1.29, 1.82) is 0 Å². The Labute approximate surface area is 197 Å². The lowest BCUT2D eigenvalue weighted by Crippen LogP contribution is -2.50. The molecule has 12 heteroatoms. The minimum absolute atomic E-state index is 0.195. The van der Waals surface area contributed by atoms with Crippen molar-refractivity contribution in [3.05, 3.63) is 65.8 Å². The van der Waals surface area contributed by atoms with Crippen LogP contribution in [0.2, 0.25) is 0 Å². The maximum absolute atomic E-state index is 13.4. The minimum Gasteiger partial charge on any atom is -0.350 e. The largest absolute Gasteiger partial charge is 0.471 e. The van der Waals surface area contributed by atoms with E-state index in [9.17, 15) is 27.2 Å². The number of carbonyl (C=O) groups is 2. The number of benzene rings is 2. The van der Waals surface area contributed by atoms with Crippen LogP contribution in [0.3, 0.4) is 0 Å². The smallest absolute Gasteiger partial charge is 0.350 e. The van der Waals surface area contributed by atoms with E-state index in [0.717, 1.165) is 18.9 Å². The summed E-state index contributed by atoms with van der Waals surface area (Å²) < 4.78 is 55.5. The number of amides is 3. The van der Waals surface area contributed by atoms with E-state index in [0.29, 0.717) is 18.7 Å². The first-order valence-electron chi connectivity index (χ1n) is 10.8. The summed E-state index contributed by atoms with van der Waals surface area (Å²) in [6.45, 7) is 0.703. The zero-order valence-corrected chi connectivity index (χ0v) is 18.3. The molecule has 0 spiro atoms. The van der Waals surface area contributed by atoms with E-state index in [1.54, 1.807) is 4.90 Å². The highest BCUT2D eigenvalue weighted by Crippen LogP contribution is 2.29. The lowest BCUT2D eigenvalue weighted by atomic mass is 10.0. The van der Waals surface area contributed by atoms with Crippen molar-refractivity contribution in [1.82, 2.24) is 20.4 Å². The molecule has 8 nitrogen and oxygen atoms in total.